The zero-order chi connectivity index (χ0) is 12.7. The second kappa shape index (κ2) is 7.37. The molecule has 0 aliphatic heterocycles. The van der Waals surface area contributed by atoms with Gasteiger partial charge in [-0.3, -0.25) is 4.90 Å². The topological polar surface area (TPSA) is 43.7 Å². The van der Waals surface area contributed by atoms with Crippen molar-refractivity contribution in [2.45, 2.75) is 19.4 Å². The summed E-state index contributed by atoms with van der Waals surface area (Å²) >= 11 is 0. The van der Waals surface area contributed by atoms with Crippen molar-refractivity contribution in [2.75, 3.05) is 26.2 Å². The van der Waals surface area contributed by atoms with E-state index in [-0.39, 0.29) is 12.4 Å². The van der Waals surface area contributed by atoms with Gasteiger partial charge in [-0.15, -0.1) is 0 Å². The van der Waals surface area contributed by atoms with Crippen LogP contribution in [0.25, 0.3) is 0 Å². The van der Waals surface area contributed by atoms with Crippen LogP contribution in [0.5, 0.6) is 0 Å². The average Bonchev–Trinajstić information content (AvgIpc) is 2.30. The summed E-state index contributed by atoms with van der Waals surface area (Å²) in [6.45, 7) is 3.97. The lowest BCUT2D eigenvalue weighted by Crippen LogP contribution is -2.32. The molecule has 0 fully saturated rings. The summed E-state index contributed by atoms with van der Waals surface area (Å²) in [5.41, 5.74) is 0.699. The normalized spacial score (nSPS) is 13.0. The number of halogens is 1. The van der Waals surface area contributed by atoms with Gasteiger partial charge in [-0.25, -0.2) is 4.39 Å². The first-order valence-electron chi connectivity index (χ1n) is 5.94. The fourth-order valence-electron chi connectivity index (χ4n) is 1.79. The van der Waals surface area contributed by atoms with E-state index in [0.717, 1.165) is 13.0 Å². The summed E-state index contributed by atoms with van der Waals surface area (Å²) in [5.74, 6) is -0.304. The molecule has 4 heteroatoms. The maximum Gasteiger partial charge on any atom is 0.123 e. The predicted octanol–water partition coefficient (Wildman–Crippen LogP) is 1.56. The molecule has 2 N–H and O–H groups in total. The third kappa shape index (κ3) is 4.81. The molecule has 0 aliphatic carbocycles. The largest absolute Gasteiger partial charge is 0.395 e. The van der Waals surface area contributed by atoms with E-state index in [2.05, 4.69) is 6.92 Å². The van der Waals surface area contributed by atoms with Crippen molar-refractivity contribution < 1.29 is 14.6 Å². The summed E-state index contributed by atoms with van der Waals surface area (Å²) in [6.07, 6.45) is 0.324. The molecular formula is C13H20FNO2. The Morgan fingerprint density at radius 1 is 1.24 bits per heavy atom. The molecule has 96 valence electrons. The van der Waals surface area contributed by atoms with E-state index >= 15 is 0 Å². The fourth-order valence-corrected chi connectivity index (χ4v) is 1.79. The number of benzene rings is 1. The summed E-state index contributed by atoms with van der Waals surface area (Å²) in [6, 6.07) is 5.86. The van der Waals surface area contributed by atoms with Crippen LogP contribution >= 0.6 is 0 Å². The quantitative estimate of drug-likeness (QED) is 0.761. The van der Waals surface area contributed by atoms with Gasteiger partial charge in [0.05, 0.1) is 12.7 Å². The van der Waals surface area contributed by atoms with Gasteiger partial charge < -0.3 is 10.2 Å². The van der Waals surface area contributed by atoms with Gasteiger partial charge in [0.15, 0.2) is 0 Å². The van der Waals surface area contributed by atoms with Crippen molar-refractivity contribution in [3.05, 3.63) is 35.6 Å². The molecule has 0 aliphatic rings. The maximum atomic E-state index is 12.7. The average molecular weight is 241 g/mol. The van der Waals surface area contributed by atoms with Gasteiger partial charge in [-0.05, 0) is 30.7 Å². The van der Waals surface area contributed by atoms with Gasteiger partial charge in [0.2, 0.25) is 0 Å². The Balaban J connectivity index is 2.56. The summed E-state index contributed by atoms with van der Waals surface area (Å²) < 4.78 is 12.7. The van der Waals surface area contributed by atoms with Crippen LogP contribution in [-0.2, 0) is 0 Å². The van der Waals surface area contributed by atoms with Crippen molar-refractivity contribution in [1.82, 2.24) is 4.90 Å². The van der Waals surface area contributed by atoms with Crippen molar-refractivity contribution >= 4 is 0 Å². The highest BCUT2D eigenvalue weighted by atomic mass is 19.1. The highest BCUT2D eigenvalue weighted by Crippen LogP contribution is 2.14. The van der Waals surface area contributed by atoms with Crippen LogP contribution in [0, 0.1) is 5.82 Å². The lowest BCUT2D eigenvalue weighted by molar-refractivity contribution is 0.0998. The van der Waals surface area contributed by atoms with Gasteiger partial charge in [-0.1, -0.05) is 19.1 Å². The SMILES string of the molecule is CCCN(CCO)C[C@H](O)c1ccc(F)cc1. The number of hydrogen-bond donors (Lipinski definition) is 2. The Morgan fingerprint density at radius 2 is 1.88 bits per heavy atom. The number of nitrogens with zero attached hydrogens (tertiary/aromatic N) is 1. The monoisotopic (exact) mass is 241 g/mol. The Hall–Kier alpha value is -0.970. The van der Waals surface area contributed by atoms with Gasteiger partial charge in [0.25, 0.3) is 0 Å². The third-order valence-corrected chi connectivity index (χ3v) is 2.64. The molecule has 0 saturated carbocycles. The van der Waals surface area contributed by atoms with E-state index in [4.69, 9.17) is 5.11 Å². The van der Waals surface area contributed by atoms with Crippen molar-refractivity contribution in [3.63, 3.8) is 0 Å². The van der Waals surface area contributed by atoms with Crippen molar-refractivity contribution in [2.24, 2.45) is 0 Å². The molecule has 1 atom stereocenters. The molecule has 0 radical (unpaired) electrons. The van der Waals surface area contributed by atoms with Crippen LogP contribution in [-0.4, -0.2) is 41.4 Å². The molecule has 0 aromatic heterocycles. The lowest BCUT2D eigenvalue weighted by Gasteiger charge is -2.23. The zero-order valence-electron chi connectivity index (χ0n) is 10.1. The Labute approximate surface area is 101 Å². The standard InChI is InChI=1S/C13H20FNO2/c1-2-7-15(8-9-16)10-13(17)11-3-5-12(14)6-4-11/h3-6,13,16-17H,2,7-10H2,1H3/t13-/m0/s1. The van der Waals surface area contributed by atoms with E-state index in [1.54, 1.807) is 12.1 Å². The Bertz CT molecular complexity index is 310. The minimum Gasteiger partial charge on any atom is -0.395 e. The van der Waals surface area contributed by atoms with Crippen LogP contribution < -0.4 is 0 Å². The number of aliphatic hydroxyl groups excluding tert-OH is 2. The summed E-state index contributed by atoms with van der Waals surface area (Å²) in [5, 5.41) is 18.9. The van der Waals surface area contributed by atoms with Crippen molar-refractivity contribution in [3.8, 4) is 0 Å². The molecule has 17 heavy (non-hydrogen) atoms. The second-order valence-electron chi connectivity index (χ2n) is 4.09. The van der Waals surface area contributed by atoms with Gasteiger partial charge >= 0.3 is 0 Å². The molecule has 3 nitrogen and oxygen atoms in total. The maximum absolute atomic E-state index is 12.7. The van der Waals surface area contributed by atoms with E-state index in [9.17, 15) is 9.50 Å². The molecule has 1 aromatic carbocycles. The zero-order valence-corrected chi connectivity index (χ0v) is 10.1. The molecular weight excluding hydrogens is 221 g/mol. The van der Waals surface area contributed by atoms with Gasteiger partial charge in [-0.2, -0.15) is 0 Å². The van der Waals surface area contributed by atoms with E-state index < -0.39 is 6.10 Å². The second-order valence-corrected chi connectivity index (χ2v) is 4.09. The first-order valence-corrected chi connectivity index (χ1v) is 5.94. The lowest BCUT2D eigenvalue weighted by atomic mass is 10.1. The molecule has 0 amide bonds. The van der Waals surface area contributed by atoms with Crippen LogP contribution in [0.3, 0.4) is 0 Å². The number of aliphatic hydroxyl groups is 2. The van der Waals surface area contributed by atoms with Gasteiger partial charge in [0, 0.05) is 13.1 Å². The molecule has 1 aromatic rings. The van der Waals surface area contributed by atoms with Crippen molar-refractivity contribution in [1.29, 1.82) is 0 Å². The predicted molar refractivity (Wildman–Crippen MR) is 65.2 cm³/mol. The first-order chi connectivity index (χ1) is 8.17. The minimum atomic E-state index is -0.645. The highest BCUT2D eigenvalue weighted by molar-refractivity contribution is 5.18. The van der Waals surface area contributed by atoms with E-state index in [0.29, 0.717) is 18.7 Å². The molecule has 0 bridgehead atoms. The van der Waals surface area contributed by atoms with Crippen LogP contribution in [0.4, 0.5) is 4.39 Å². The summed E-state index contributed by atoms with van der Waals surface area (Å²) in [4.78, 5) is 1.99. The number of rotatable bonds is 7. The Kier molecular flexibility index (Phi) is 6.11. The fraction of sp³-hybridized carbons (Fsp3) is 0.538. The number of hydrogen-bond acceptors (Lipinski definition) is 3. The molecule has 0 saturated heterocycles. The van der Waals surface area contributed by atoms with E-state index in [1.807, 2.05) is 4.90 Å². The minimum absolute atomic E-state index is 0.0795. The smallest absolute Gasteiger partial charge is 0.123 e. The van der Waals surface area contributed by atoms with Crippen LogP contribution in [0.2, 0.25) is 0 Å². The van der Waals surface area contributed by atoms with Crippen LogP contribution in [0.1, 0.15) is 25.0 Å². The van der Waals surface area contributed by atoms with Crippen LogP contribution in [0.15, 0.2) is 24.3 Å². The Morgan fingerprint density at radius 3 is 2.41 bits per heavy atom. The molecule has 1 rings (SSSR count). The molecule has 0 unspecified atom stereocenters. The molecule has 0 heterocycles. The summed E-state index contributed by atoms with van der Waals surface area (Å²) in [7, 11) is 0. The molecule has 0 spiro atoms. The third-order valence-electron chi connectivity index (χ3n) is 2.64. The van der Waals surface area contributed by atoms with E-state index in [1.165, 1.54) is 12.1 Å². The highest BCUT2D eigenvalue weighted by Gasteiger charge is 2.12. The first kappa shape index (κ1) is 14.1. The van der Waals surface area contributed by atoms with Gasteiger partial charge in [0.1, 0.15) is 5.82 Å².